The summed E-state index contributed by atoms with van der Waals surface area (Å²) in [7, 11) is 2.50. The molecule has 1 atom stereocenters. The highest BCUT2D eigenvalue weighted by molar-refractivity contribution is 6.60. The Kier molecular flexibility index (Phi) is 8.85. The molecule has 0 N–H and O–H groups in total. The maximum Gasteiger partial charge on any atom is 0.500 e. The molecule has 0 radical (unpaired) electrons. The zero-order valence-electron chi connectivity index (χ0n) is 13.9. The molecule has 0 bridgehead atoms. The van der Waals surface area contributed by atoms with E-state index in [0.29, 0.717) is 0 Å². The fourth-order valence-corrected chi connectivity index (χ4v) is 4.53. The molecule has 22 heavy (non-hydrogen) atoms. The Morgan fingerprint density at radius 1 is 0.955 bits per heavy atom. The van der Waals surface area contributed by atoms with Crippen LogP contribution in [-0.4, -0.2) is 42.1 Å². The lowest BCUT2D eigenvalue weighted by molar-refractivity contribution is -0.153. The van der Waals surface area contributed by atoms with Crippen molar-refractivity contribution in [1.82, 2.24) is 0 Å². The van der Waals surface area contributed by atoms with E-state index in [1.807, 2.05) is 0 Å². The molecule has 1 aliphatic rings. The number of hydrogen-bond donors (Lipinski definition) is 0. The van der Waals surface area contributed by atoms with Crippen LogP contribution in [0.4, 0.5) is 0 Å². The zero-order valence-corrected chi connectivity index (χ0v) is 14.9. The van der Waals surface area contributed by atoms with Gasteiger partial charge in [0.25, 0.3) is 0 Å². The van der Waals surface area contributed by atoms with E-state index in [9.17, 15) is 9.59 Å². The van der Waals surface area contributed by atoms with Crippen molar-refractivity contribution in [3.8, 4) is 0 Å². The van der Waals surface area contributed by atoms with E-state index >= 15 is 0 Å². The second-order valence-corrected chi connectivity index (χ2v) is 8.74. The van der Waals surface area contributed by atoms with Crippen molar-refractivity contribution in [3.05, 3.63) is 0 Å². The fraction of sp³-hybridized carbons (Fsp3) is 0.867. The van der Waals surface area contributed by atoms with E-state index < -0.39 is 8.80 Å². The lowest BCUT2D eigenvalue weighted by atomic mass is 9.99. The van der Waals surface area contributed by atoms with E-state index in [1.165, 1.54) is 0 Å². The Hall–Kier alpha value is -0.763. The first-order valence-electron chi connectivity index (χ1n) is 7.97. The minimum Gasteiger partial charge on any atom is -0.393 e. The molecule has 128 valence electrons. The molecule has 1 saturated heterocycles. The van der Waals surface area contributed by atoms with Gasteiger partial charge in [0.1, 0.15) is 0 Å². The Bertz CT molecular complexity index is 348. The molecule has 1 rings (SSSR count). The van der Waals surface area contributed by atoms with Gasteiger partial charge < -0.3 is 18.0 Å². The van der Waals surface area contributed by atoms with Crippen LogP contribution in [0.15, 0.2) is 0 Å². The first-order valence-corrected chi connectivity index (χ1v) is 9.90. The van der Waals surface area contributed by atoms with E-state index in [1.54, 1.807) is 21.3 Å². The summed E-state index contributed by atoms with van der Waals surface area (Å²) < 4.78 is 20.7. The van der Waals surface area contributed by atoms with Crippen molar-refractivity contribution >= 4 is 20.7 Å². The second kappa shape index (κ2) is 10.1. The number of carbonyl (C=O) groups is 2. The highest BCUT2D eigenvalue weighted by atomic mass is 28.4. The average Bonchev–Trinajstić information content (AvgIpc) is 2.84. The molecular weight excluding hydrogens is 304 g/mol. The normalized spacial score (nSPS) is 18.8. The van der Waals surface area contributed by atoms with Gasteiger partial charge in [0, 0.05) is 27.4 Å². The first kappa shape index (κ1) is 19.3. The summed E-state index contributed by atoms with van der Waals surface area (Å²) in [5.74, 6) is -0.925. The average molecular weight is 332 g/mol. The molecule has 0 spiro atoms. The smallest absolute Gasteiger partial charge is 0.393 e. The van der Waals surface area contributed by atoms with Gasteiger partial charge in [0.15, 0.2) is 0 Å². The molecule has 0 saturated carbocycles. The van der Waals surface area contributed by atoms with Crippen LogP contribution in [0.3, 0.4) is 0 Å². The van der Waals surface area contributed by atoms with Gasteiger partial charge >= 0.3 is 20.7 Å². The quantitative estimate of drug-likeness (QED) is 0.237. The van der Waals surface area contributed by atoms with Crippen molar-refractivity contribution in [3.63, 3.8) is 0 Å². The number of rotatable bonds is 12. The molecule has 0 amide bonds. The van der Waals surface area contributed by atoms with Crippen molar-refractivity contribution < 1.29 is 27.6 Å². The molecule has 1 fully saturated rings. The number of ether oxygens (including phenoxy) is 1. The Morgan fingerprint density at radius 3 is 2.00 bits per heavy atom. The fourth-order valence-electron chi connectivity index (χ4n) is 2.74. The standard InChI is InChI=1S/C15H28O6Si/c1-18-22(19-2,20-3)11-9-7-5-4-6-8-10-13-12-14(16)21-15(13)17/h13H,4-12H2,1-3H3. The molecule has 1 unspecified atom stereocenters. The minimum atomic E-state index is -2.41. The minimum absolute atomic E-state index is 0.204. The van der Waals surface area contributed by atoms with Crippen LogP contribution >= 0.6 is 0 Å². The third-order valence-electron chi connectivity index (χ3n) is 4.18. The van der Waals surface area contributed by atoms with Crippen LogP contribution < -0.4 is 0 Å². The van der Waals surface area contributed by atoms with Gasteiger partial charge in [0.05, 0.1) is 12.3 Å². The third kappa shape index (κ3) is 6.16. The summed E-state index contributed by atoms with van der Waals surface area (Å²) in [6.07, 6.45) is 7.51. The SMILES string of the molecule is CO[Si](CCCCCCCCC1CC(=O)OC1=O)(OC)OC. The Labute approximate surface area is 133 Å². The van der Waals surface area contributed by atoms with Gasteiger partial charge in [-0.25, -0.2) is 0 Å². The summed E-state index contributed by atoms with van der Waals surface area (Å²) in [4.78, 5) is 22.3. The van der Waals surface area contributed by atoms with E-state index in [-0.39, 0.29) is 24.3 Å². The van der Waals surface area contributed by atoms with Gasteiger partial charge in [-0.15, -0.1) is 0 Å². The third-order valence-corrected chi connectivity index (χ3v) is 7.01. The highest BCUT2D eigenvalue weighted by Gasteiger charge is 2.36. The summed E-state index contributed by atoms with van der Waals surface area (Å²) in [6, 6.07) is 0.840. The highest BCUT2D eigenvalue weighted by Crippen LogP contribution is 2.23. The Balaban J connectivity index is 2.00. The monoisotopic (exact) mass is 332 g/mol. The van der Waals surface area contributed by atoms with Crippen molar-refractivity contribution in [2.45, 2.75) is 57.4 Å². The topological polar surface area (TPSA) is 71.1 Å². The molecule has 0 aromatic carbocycles. The van der Waals surface area contributed by atoms with Gasteiger partial charge in [-0.2, -0.15) is 0 Å². The summed E-state index contributed by atoms with van der Waals surface area (Å²) in [5, 5.41) is 0. The largest absolute Gasteiger partial charge is 0.500 e. The number of hydrogen-bond acceptors (Lipinski definition) is 6. The van der Waals surface area contributed by atoms with Gasteiger partial charge in [-0.3, -0.25) is 9.59 Å². The molecule has 0 aromatic heterocycles. The van der Waals surface area contributed by atoms with Gasteiger partial charge in [0.2, 0.25) is 0 Å². The Morgan fingerprint density at radius 2 is 1.50 bits per heavy atom. The van der Waals surface area contributed by atoms with Crippen molar-refractivity contribution in [2.75, 3.05) is 21.3 Å². The number of unbranched alkanes of at least 4 members (excludes halogenated alkanes) is 5. The lowest BCUT2D eigenvalue weighted by Gasteiger charge is -2.24. The van der Waals surface area contributed by atoms with Crippen molar-refractivity contribution in [2.24, 2.45) is 5.92 Å². The predicted octanol–water partition coefficient (Wildman–Crippen LogP) is 2.68. The van der Waals surface area contributed by atoms with Crippen molar-refractivity contribution in [1.29, 1.82) is 0 Å². The first-order chi connectivity index (χ1) is 10.6. The predicted molar refractivity (Wildman–Crippen MR) is 83.1 cm³/mol. The molecule has 0 aromatic rings. The second-order valence-electron chi connectivity index (χ2n) is 5.65. The molecule has 0 aliphatic carbocycles. The lowest BCUT2D eigenvalue weighted by Crippen LogP contribution is -2.42. The number of carbonyl (C=O) groups excluding carboxylic acids is 2. The summed E-state index contributed by atoms with van der Waals surface area (Å²) in [5.41, 5.74) is 0. The van der Waals surface area contributed by atoms with E-state index in [4.69, 9.17) is 13.3 Å². The molecule has 1 heterocycles. The van der Waals surface area contributed by atoms with Crippen LogP contribution in [0.1, 0.15) is 51.4 Å². The van der Waals surface area contributed by atoms with Gasteiger partial charge in [-0.05, 0) is 12.8 Å². The molecule has 7 heteroatoms. The molecular formula is C15H28O6Si. The van der Waals surface area contributed by atoms with Gasteiger partial charge in [-0.1, -0.05) is 32.1 Å². The maximum atomic E-state index is 11.3. The molecule has 6 nitrogen and oxygen atoms in total. The van der Waals surface area contributed by atoms with Crippen LogP contribution in [0.25, 0.3) is 0 Å². The number of cyclic esters (lactones) is 2. The van der Waals surface area contributed by atoms with Crippen LogP contribution in [0, 0.1) is 5.92 Å². The van der Waals surface area contributed by atoms with E-state index in [2.05, 4.69) is 4.74 Å². The zero-order chi connectivity index (χ0) is 16.4. The van der Waals surface area contributed by atoms with Crippen LogP contribution in [0.2, 0.25) is 6.04 Å². The molecule has 1 aliphatic heterocycles. The summed E-state index contributed by atoms with van der Waals surface area (Å²) in [6.45, 7) is 0. The summed E-state index contributed by atoms with van der Waals surface area (Å²) >= 11 is 0. The van der Waals surface area contributed by atoms with E-state index in [0.717, 1.165) is 51.0 Å². The maximum absolute atomic E-state index is 11.3. The van der Waals surface area contributed by atoms with Crippen LogP contribution in [0.5, 0.6) is 0 Å². The van der Waals surface area contributed by atoms with Crippen LogP contribution in [-0.2, 0) is 27.6 Å². The number of esters is 2.